The molecular weight excluding hydrogens is 404 g/mol. The molecule has 2 fully saturated rings. The first-order valence-electron chi connectivity index (χ1n) is 11.5. The lowest BCUT2D eigenvalue weighted by atomic mass is 9.91. The average Bonchev–Trinajstić information content (AvgIpc) is 3.52. The van der Waals surface area contributed by atoms with Gasteiger partial charge in [-0.05, 0) is 52.6 Å². The third-order valence-electron chi connectivity index (χ3n) is 6.94. The molecular formula is C26H28N2O2S. The Labute approximate surface area is 187 Å². The quantitative estimate of drug-likeness (QED) is 0.598. The molecule has 3 aliphatic rings. The molecule has 1 saturated heterocycles. The predicted octanol–water partition coefficient (Wildman–Crippen LogP) is 4.41. The van der Waals surface area contributed by atoms with Crippen molar-refractivity contribution in [3.63, 3.8) is 0 Å². The number of ether oxygens (including phenoxy) is 1. The number of morpholine rings is 1. The average molecular weight is 433 g/mol. The van der Waals surface area contributed by atoms with Gasteiger partial charge in [-0.3, -0.25) is 9.69 Å². The summed E-state index contributed by atoms with van der Waals surface area (Å²) in [7, 11) is 0. The van der Waals surface area contributed by atoms with Crippen LogP contribution in [0.15, 0.2) is 52.3 Å². The van der Waals surface area contributed by atoms with E-state index in [2.05, 4.69) is 51.9 Å². The molecule has 6 rings (SSSR count). The second-order valence-corrected chi connectivity index (χ2v) is 10.0. The number of nitrogens with zero attached hydrogens (tertiary/aromatic N) is 2. The van der Waals surface area contributed by atoms with Crippen LogP contribution in [-0.4, -0.2) is 41.5 Å². The van der Waals surface area contributed by atoms with Crippen molar-refractivity contribution in [3.05, 3.63) is 75.1 Å². The Morgan fingerprint density at radius 1 is 0.968 bits per heavy atom. The SMILES string of the molecule is O=c1c(CN2CCOCC2)c(Cc2cccc3ccccc23)c(C2CC2)c2n1CCS2. The molecule has 1 saturated carbocycles. The fraction of sp³-hybridized carbons (Fsp3) is 0.423. The lowest BCUT2D eigenvalue weighted by molar-refractivity contribution is 0.0338. The summed E-state index contributed by atoms with van der Waals surface area (Å²) in [6, 6.07) is 15.2. The number of benzene rings is 2. The van der Waals surface area contributed by atoms with Crippen LogP contribution in [0.2, 0.25) is 0 Å². The van der Waals surface area contributed by atoms with Crippen LogP contribution >= 0.6 is 11.8 Å². The number of fused-ring (bicyclic) bond motifs is 2. The molecule has 0 N–H and O–H groups in total. The van der Waals surface area contributed by atoms with Crippen molar-refractivity contribution in [2.24, 2.45) is 0 Å². The molecule has 0 amide bonds. The molecule has 2 aliphatic heterocycles. The summed E-state index contributed by atoms with van der Waals surface area (Å²) >= 11 is 1.89. The van der Waals surface area contributed by atoms with Gasteiger partial charge in [0.1, 0.15) is 0 Å². The van der Waals surface area contributed by atoms with Crippen LogP contribution in [0.4, 0.5) is 0 Å². The lowest BCUT2D eigenvalue weighted by Crippen LogP contribution is -2.39. The highest BCUT2D eigenvalue weighted by Crippen LogP contribution is 2.48. The fourth-order valence-corrected chi connectivity index (χ4v) is 6.43. The summed E-state index contributed by atoms with van der Waals surface area (Å²) < 4.78 is 7.64. The highest BCUT2D eigenvalue weighted by atomic mass is 32.2. The first-order valence-corrected chi connectivity index (χ1v) is 12.5. The third kappa shape index (κ3) is 3.63. The summed E-state index contributed by atoms with van der Waals surface area (Å²) in [6.07, 6.45) is 3.35. The van der Waals surface area contributed by atoms with Crippen LogP contribution in [0.1, 0.15) is 41.0 Å². The van der Waals surface area contributed by atoms with Crippen molar-refractivity contribution in [2.75, 3.05) is 32.1 Å². The minimum Gasteiger partial charge on any atom is -0.379 e. The van der Waals surface area contributed by atoms with Crippen molar-refractivity contribution in [1.82, 2.24) is 9.47 Å². The molecule has 5 heteroatoms. The van der Waals surface area contributed by atoms with E-state index in [4.69, 9.17) is 4.74 Å². The molecule has 3 heterocycles. The monoisotopic (exact) mass is 432 g/mol. The Balaban J connectivity index is 1.52. The van der Waals surface area contributed by atoms with Crippen molar-refractivity contribution in [2.45, 2.75) is 43.3 Å². The van der Waals surface area contributed by atoms with E-state index in [-0.39, 0.29) is 5.56 Å². The molecule has 1 aromatic heterocycles. The highest BCUT2D eigenvalue weighted by molar-refractivity contribution is 7.99. The van der Waals surface area contributed by atoms with Crippen LogP contribution in [0, 0.1) is 0 Å². The van der Waals surface area contributed by atoms with Gasteiger partial charge in [0.15, 0.2) is 0 Å². The van der Waals surface area contributed by atoms with Gasteiger partial charge in [0, 0.05) is 37.5 Å². The van der Waals surface area contributed by atoms with Crippen molar-refractivity contribution in [1.29, 1.82) is 0 Å². The van der Waals surface area contributed by atoms with E-state index in [1.165, 1.54) is 45.3 Å². The molecule has 0 bridgehead atoms. The summed E-state index contributed by atoms with van der Waals surface area (Å²) in [5.41, 5.74) is 5.40. The number of hydrogen-bond donors (Lipinski definition) is 0. The summed E-state index contributed by atoms with van der Waals surface area (Å²) in [5, 5.41) is 3.83. The van der Waals surface area contributed by atoms with E-state index < -0.39 is 0 Å². The highest BCUT2D eigenvalue weighted by Gasteiger charge is 2.35. The zero-order valence-corrected chi connectivity index (χ0v) is 18.6. The first-order chi connectivity index (χ1) is 15.3. The van der Waals surface area contributed by atoms with Crippen LogP contribution < -0.4 is 5.56 Å². The Morgan fingerprint density at radius 3 is 2.61 bits per heavy atom. The van der Waals surface area contributed by atoms with E-state index in [9.17, 15) is 4.79 Å². The van der Waals surface area contributed by atoms with E-state index in [1.807, 2.05) is 11.8 Å². The van der Waals surface area contributed by atoms with Crippen molar-refractivity contribution < 1.29 is 4.74 Å². The van der Waals surface area contributed by atoms with E-state index >= 15 is 0 Å². The van der Waals surface area contributed by atoms with Gasteiger partial charge in [0.2, 0.25) is 0 Å². The Bertz CT molecular complexity index is 1190. The van der Waals surface area contributed by atoms with Gasteiger partial charge in [-0.2, -0.15) is 0 Å². The molecule has 0 unspecified atom stereocenters. The van der Waals surface area contributed by atoms with Gasteiger partial charge in [0.05, 0.1) is 18.2 Å². The van der Waals surface area contributed by atoms with E-state index in [0.29, 0.717) is 5.92 Å². The smallest absolute Gasteiger partial charge is 0.256 e. The van der Waals surface area contributed by atoms with Crippen LogP contribution in [0.3, 0.4) is 0 Å². The topological polar surface area (TPSA) is 34.5 Å². The first kappa shape index (κ1) is 19.6. The predicted molar refractivity (Wildman–Crippen MR) is 126 cm³/mol. The maximum atomic E-state index is 13.7. The zero-order valence-electron chi connectivity index (χ0n) is 17.8. The molecule has 0 spiro atoms. The third-order valence-corrected chi connectivity index (χ3v) is 8.04. The minimum absolute atomic E-state index is 0.242. The number of hydrogen-bond acceptors (Lipinski definition) is 4. The summed E-state index contributed by atoms with van der Waals surface area (Å²) in [5.74, 6) is 1.64. The standard InChI is InChI=1S/C26H28N2O2S/c29-25-23(17-27-10-13-30-14-11-27)22(24(19-8-9-19)26-28(25)12-15-31-26)16-20-6-3-5-18-4-1-2-7-21(18)20/h1-7,19H,8-17H2. The summed E-state index contributed by atoms with van der Waals surface area (Å²) in [4.78, 5) is 16.1. The van der Waals surface area contributed by atoms with Gasteiger partial charge < -0.3 is 9.30 Å². The van der Waals surface area contributed by atoms with Crippen LogP contribution in [0.25, 0.3) is 10.8 Å². The van der Waals surface area contributed by atoms with Crippen LogP contribution in [-0.2, 0) is 24.2 Å². The molecule has 1 aliphatic carbocycles. The number of rotatable bonds is 5. The molecule has 3 aromatic rings. The molecule has 160 valence electrons. The van der Waals surface area contributed by atoms with Gasteiger partial charge in [0.25, 0.3) is 5.56 Å². The lowest BCUT2D eigenvalue weighted by Gasteiger charge is -2.28. The van der Waals surface area contributed by atoms with Crippen LogP contribution in [0.5, 0.6) is 0 Å². The maximum absolute atomic E-state index is 13.7. The Hall–Kier alpha value is -2.08. The molecule has 31 heavy (non-hydrogen) atoms. The number of thioether (sulfide) groups is 1. The fourth-order valence-electron chi connectivity index (χ4n) is 5.19. The number of aromatic nitrogens is 1. The zero-order chi connectivity index (χ0) is 20.8. The van der Waals surface area contributed by atoms with Crippen molar-refractivity contribution >= 4 is 22.5 Å². The normalized spacial score (nSPS) is 19.1. The van der Waals surface area contributed by atoms with Gasteiger partial charge >= 0.3 is 0 Å². The number of pyridine rings is 1. The van der Waals surface area contributed by atoms with Crippen molar-refractivity contribution in [3.8, 4) is 0 Å². The second-order valence-electron chi connectivity index (χ2n) is 8.96. The van der Waals surface area contributed by atoms with Gasteiger partial charge in [-0.15, -0.1) is 11.8 Å². The Kier molecular flexibility index (Phi) is 5.13. The second kappa shape index (κ2) is 8.12. The van der Waals surface area contributed by atoms with Gasteiger partial charge in [-0.25, -0.2) is 0 Å². The molecule has 0 atom stereocenters. The van der Waals surface area contributed by atoms with E-state index in [1.54, 1.807) is 0 Å². The Morgan fingerprint density at radius 2 is 1.77 bits per heavy atom. The molecule has 4 nitrogen and oxygen atoms in total. The molecule has 0 radical (unpaired) electrons. The van der Waals surface area contributed by atoms with Gasteiger partial charge in [-0.1, -0.05) is 42.5 Å². The summed E-state index contributed by atoms with van der Waals surface area (Å²) in [6.45, 7) is 4.92. The largest absolute Gasteiger partial charge is 0.379 e. The van der Waals surface area contributed by atoms with E-state index in [0.717, 1.165) is 57.1 Å². The minimum atomic E-state index is 0.242. The maximum Gasteiger partial charge on any atom is 0.256 e. The molecule has 2 aromatic carbocycles.